The molecule has 2 aromatic heterocycles. The fourth-order valence-corrected chi connectivity index (χ4v) is 2.73. The largest absolute Gasteiger partial charge is 0.352 e. The molecule has 2 heterocycles. The van der Waals surface area contributed by atoms with Gasteiger partial charge in [-0.3, -0.25) is 4.79 Å². The number of rotatable bonds is 6. The monoisotopic (exact) mass is 359 g/mol. The SMILES string of the molecule is O=C(NCCc1ccc(-n2cccn2)cc1)c1cccc(-n2cnnn2)c1. The highest BCUT2D eigenvalue weighted by atomic mass is 16.1. The highest BCUT2D eigenvalue weighted by molar-refractivity contribution is 5.94. The van der Waals surface area contributed by atoms with E-state index in [4.69, 9.17) is 0 Å². The van der Waals surface area contributed by atoms with Crippen molar-refractivity contribution < 1.29 is 4.79 Å². The Labute approximate surface area is 155 Å². The summed E-state index contributed by atoms with van der Waals surface area (Å²) in [5, 5.41) is 18.2. The summed E-state index contributed by atoms with van der Waals surface area (Å²) in [6.07, 6.45) is 5.89. The standard InChI is InChI=1S/C19H17N7O/c27-19(16-3-1-4-18(13-16)26-14-21-23-24-26)20-11-9-15-5-7-17(8-6-15)25-12-2-10-22-25/h1-8,10,12-14H,9,11H2,(H,20,27). The minimum Gasteiger partial charge on any atom is -0.352 e. The first kappa shape index (κ1) is 16.6. The molecule has 0 unspecified atom stereocenters. The van der Waals surface area contributed by atoms with Crippen molar-refractivity contribution in [3.63, 3.8) is 0 Å². The van der Waals surface area contributed by atoms with Crippen LogP contribution >= 0.6 is 0 Å². The number of nitrogens with one attached hydrogen (secondary N) is 1. The lowest BCUT2D eigenvalue weighted by Gasteiger charge is -2.08. The maximum atomic E-state index is 12.4. The summed E-state index contributed by atoms with van der Waals surface area (Å²) in [6, 6.07) is 17.2. The zero-order chi connectivity index (χ0) is 18.5. The minimum absolute atomic E-state index is 0.127. The summed E-state index contributed by atoms with van der Waals surface area (Å²) in [6.45, 7) is 0.551. The number of hydrogen-bond acceptors (Lipinski definition) is 5. The van der Waals surface area contributed by atoms with Gasteiger partial charge in [0.25, 0.3) is 5.91 Å². The predicted octanol–water partition coefficient (Wildman–Crippen LogP) is 1.82. The molecule has 1 N–H and O–H groups in total. The lowest BCUT2D eigenvalue weighted by atomic mass is 10.1. The third kappa shape index (κ3) is 3.90. The van der Waals surface area contributed by atoms with Crippen molar-refractivity contribution in [2.24, 2.45) is 0 Å². The van der Waals surface area contributed by atoms with E-state index < -0.39 is 0 Å². The van der Waals surface area contributed by atoms with Gasteiger partial charge in [0.1, 0.15) is 6.33 Å². The van der Waals surface area contributed by atoms with E-state index in [1.54, 1.807) is 24.4 Å². The second kappa shape index (κ2) is 7.61. The molecule has 0 spiro atoms. The van der Waals surface area contributed by atoms with Crippen LogP contribution in [0.15, 0.2) is 73.3 Å². The van der Waals surface area contributed by atoms with Gasteiger partial charge in [0, 0.05) is 24.5 Å². The van der Waals surface area contributed by atoms with Crippen molar-refractivity contribution in [2.45, 2.75) is 6.42 Å². The number of amides is 1. The molecule has 1 amide bonds. The van der Waals surface area contributed by atoms with E-state index in [-0.39, 0.29) is 5.91 Å². The van der Waals surface area contributed by atoms with Crippen molar-refractivity contribution in [1.82, 2.24) is 35.3 Å². The van der Waals surface area contributed by atoms with Crippen LogP contribution in [-0.4, -0.2) is 42.4 Å². The third-order valence-corrected chi connectivity index (χ3v) is 4.13. The van der Waals surface area contributed by atoms with Gasteiger partial charge < -0.3 is 5.32 Å². The molecule has 8 nitrogen and oxygen atoms in total. The summed E-state index contributed by atoms with van der Waals surface area (Å²) in [4.78, 5) is 12.4. The topological polar surface area (TPSA) is 90.5 Å². The molecule has 2 aromatic carbocycles. The summed E-state index contributed by atoms with van der Waals surface area (Å²) in [7, 11) is 0. The highest BCUT2D eigenvalue weighted by Crippen LogP contribution is 2.10. The normalized spacial score (nSPS) is 10.7. The van der Waals surface area contributed by atoms with Gasteiger partial charge in [-0.25, -0.2) is 9.36 Å². The van der Waals surface area contributed by atoms with E-state index in [0.29, 0.717) is 12.1 Å². The van der Waals surface area contributed by atoms with Crippen LogP contribution in [-0.2, 0) is 6.42 Å². The van der Waals surface area contributed by atoms with Crippen LogP contribution in [0.2, 0.25) is 0 Å². The Balaban J connectivity index is 1.34. The number of hydrogen-bond donors (Lipinski definition) is 1. The van der Waals surface area contributed by atoms with Gasteiger partial charge in [-0.1, -0.05) is 18.2 Å². The fourth-order valence-electron chi connectivity index (χ4n) is 2.73. The number of tetrazole rings is 1. The number of nitrogens with zero attached hydrogens (tertiary/aromatic N) is 6. The van der Waals surface area contributed by atoms with E-state index >= 15 is 0 Å². The second-order valence-corrected chi connectivity index (χ2v) is 5.93. The number of carbonyl (C=O) groups is 1. The van der Waals surface area contributed by atoms with Crippen LogP contribution in [0.25, 0.3) is 11.4 Å². The highest BCUT2D eigenvalue weighted by Gasteiger charge is 2.07. The Hall–Kier alpha value is -3.81. The molecule has 0 fully saturated rings. The molecule has 4 aromatic rings. The zero-order valence-electron chi connectivity index (χ0n) is 14.4. The Morgan fingerprint density at radius 1 is 1.00 bits per heavy atom. The van der Waals surface area contributed by atoms with Gasteiger partial charge in [0.15, 0.2) is 0 Å². The lowest BCUT2D eigenvalue weighted by molar-refractivity contribution is 0.0954. The summed E-state index contributed by atoms with van der Waals surface area (Å²) >= 11 is 0. The molecule has 0 saturated heterocycles. The van der Waals surface area contributed by atoms with Gasteiger partial charge in [-0.05, 0) is 58.8 Å². The second-order valence-electron chi connectivity index (χ2n) is 5.93. The molecule has 8 heteroatoms. The van der Waals surface area contributed by atoms with Crippen molar-refractivity contribution in [2.75, 3.05) is 6.54 Å². The number of benzene rings is 2. The fraction of sp³-hybridized carbons (Fsp3) is 0.105. The summed E-state index contributed by atoms with van der Waals surface area (Å²) in [5.74, 6) is -0.127. The van der Waals surface area contributed by atoms with E-state index in [2.05, 4.69) is 25.9 Å². The van der Waals surface area contributed by atoms with Gasteiger partial charge >= 0.3 is 0 Å². The average molecular weight is 359 g/mol. The van der Waals surface area contributed by atoms with Crippen LogP contribution < -0.4 is 5.32 Å². The quantitative estimate of drug-likeness (QED) is 0.567. The molecule has 27 heavy (non-hydrogen) atoms. The van der Waals surface area contributed by atoms with Gasteiger partial charge in [-0.15, -0.1) is 5.10 Å². The van der Waals surface area contributed by atoms with E-state index in [1.165, 1.54) is 11.0 Å². The molecule has 0 aliphatic rings. The first-order chi connectivity index (χ1) is 13.3. The van der Waals surface area contributed by atoms with Gasteiger partial charge in [0.05, 0.1) is 11.4 Å². The average Bonchev–Trinajstić information content (AvgIpc) is 3.43. The summed E-state index contributed by atoms with van der Waals surface area (Å²) in [5.41, 5.74) is 3.46. The molecule has 0 bridgehead atoms. The maximum Gasteiger partial charge on any atom is 0.251 e. The van der Waals surface area contributed by atoms with Crippen LogP contribution in [0.1, 0.15) is 15.9 Å². The van der Waals surface area contributed by atoms with Crippen molar-refractivity contribution >= 4 is 5.91 Å². The molecule has 0 aliphatic heterocycles. The molecule has 134 valence electrons. The van der Waals surface area contributed by atoms with E-state index in [1.807, 2.05) is 47.3 Å². The Morgan fingerprint density at radius 3 is 2.63 bits per heavy atom. The van der Waals surface area contributed by atoms with E-state index in [9.17, 15) is 4.79 Å². The van der Waals surface area contributed by atoms with Crippen LogP contribution in [0, 0.1) is 0 Å². The van der Waals surface area contributed by atoms with Crippen LogP contribution in [0.3, 0.4) is 0 Å². The van der Waals surface area contributed by atoms with E-state index in [0.717, 1.165) is 23.4 Å². The number of aromatic nitrogens is 6. The van der Waals surface area contributed by atoms with Crippen molar-refractivity contribution in [3.05, 3.63) is 84.4 Å². The molecule has 0 saturated carbocycles. The zero-order valence-corrected chi connectivity index (χ0v) is 14.4. The van der Waals surface area contributed by atoms with Gasteiger partial charge in [0.2, 0.25) is 0 Å². The molecule has 4 rings (SSSR count). The van der Waals surface area contributed by atoms with Crippen LogP contribution in [0.5, 0.6) is 0 Å². The Kier molecular flexibility index (Phi) is 4.69. The predicted molar refractivity (Wildman–Crippen MR) is 98.8 cm³/mol. The molecular formula is C19H17N7O. The number of carbonyl (C=O) groups excluding carboxylic acids is 1. The molecule has 0 aliphatic carbocycles. The molecule has 0 atom stereocenters. The smallest absolute Gasteiger partial charge is 0.251 e. The Morgan fingerprint density at radius 2 is 1.89 bits per heavy atom. The Bertz CT molecular complexity index is 1010. The van der Waals surface area contributed by atoms with Gasteiger partial charge in [-0.2, -0.15) is 5.10 Å². The minimum atomic E-state index is -0.127. The third-order valence-electron chi connectivity index (χ3n) is 4.13. The lowest BCUT2D eigenvalue weighted by Crippen LogP contribution is -2.25. The molecule has 0 radical (unpaired) electrons. The van der Waals surface area contributed by atoms with Crippen molar-refractivity contribution in [1.29, 1.82) is 0 Å². The maximum absolute atomic E-state index is 12.4. The van der Waals surface area contributed by atoms with Crippen LogP contribution in [0.4, 0.5) is 0 Å². The van der Waals surface area contributed by atoms with Crippen molar-refractivity contribution in [3.8, 4) is 11.4 Å². The summed E-state index contributed by atoms with van der Waals surface area (Å²) < 4.78 is 3.32. The molecular weight excluding hydrogens is 342 g/mol. The first-order valence-corrected chi connectivity index (χ1v) is 8.50. The first-order valence-electron chi connectivity index (χ1n) is 8.50.